The number of rotatable bonds is 3. The summed E-state index contributed by atoms with van der Waals surface area (Å²) in [5, 5.41) is 7.36. The number of anilines is 1. The zero-order valence-corrected chi connectivity index (χ0v) is 10.6. The van der Waals surface area contributed by atoms with Crippen molar-refractivity contribution >= 4 is 34.8 Å². The van der Waals surface area contributed by atoms with E-state index in [1.807, 2.05) is 6.07 Å². The molecule has 0 saturated carbocycles. The first kappa shape index (κ1) is 12.3. The molecule has 2 heterocycles. The van der Waals surface area contributed by atoms with Gasteiger partial charge in [0.15, 0.2) is 0 Å². The summed E-state index contributed by atoms with van der Waals surface area (Å²) in [7, 11) is 0. The van der Waals surface area contributed by atoms with Crippen LogP contribution < -0.4 is 10.2 Å². The zero-order chi connectivity index (χ0) is 14.1. The fraction of sp³-hybridized carbons (Fsp3) is 0.231. The molecule has 3 amide bonds. The molecular weight excluding hydrogens is 260 g/mol. The lowest BCUT2D eigenvalue weighted by Crippen LogP contribution is -2.49. The molecule has 3 rings (SSSR count). The van der Waals surface area contributed by atoms with Crippen LogP contribution in [0.2, 0.25) is 0 Å². The summed E-state index contributed by atoms with van der Waals surface area (Å²) in [5.41, 5.74) is 1.46. The number of aldehydes is 1. The third kappa shape index (κ3) is 2.13. The molecule has 102 valence electrons. The molecule has 0 unspecified atom stereocenters. The molecule has 2 aromatic rings. The largest absolute Gasteiger partial charge is 0.328 e. The molecule has 1 fully saturated rings. The van der Waals surface area contributed by atoms with E-state index in [0.29, 0.717) is 12.2 Å². The highest BCUT2D eigenvalue weighted by molar-refractivity contribution is 6.06. The lowest BCUT2D eigenvalue weighted by molar-refractivity contribution is -0.120. The van der Waals surface area contributed by atoms with E-state index >= 15 is 0 Å². The van der Waals surface area contributed by atoms with Crippen LogP contribution in [0, 0.1) is 0 Å². The van der Waals surface area contributed by atoms with Crippen molar-refractivity contribution in [2.24, 2.45) is 0 Å². The summed E-state index contributed by atoms with van der Waals surface area (Å²) in [6.07, 6.45) is 2.81. The fourth-order valence-corrected chi connectivity index (χ4v) is 2.21. The number of carbonyl (C=O) groups is 3. The van der Waals surface area contributed by atoms with Gasteiger partial charge in [-0.25, -0.2) is 4.79 Å². The first-order valence-corrected chi connectivity index (χ1v) is 6.19. The van der Waals surface area contributed by atoms with Crippen molar-refractivity contribution in [2.45, 2.75) is 13.0 Å². The first-order chi connectivity index (χ1) is 9.67. The maximum absolute atomic E-state index is 11.8. The summed E-state index contributed by atoms with van der Waals surface area (Å²) in [6, 6.07) is 4.96. The van der Waals surface area contributed by atoms with Gasteiger partial charge >= 0.3 is 6.03 Å². The van der Waals surface area contributed by atoms with E-state index in [9.17, 15) is 14.4 Å². The number of urea groups is 1. The standard InChI is InChI=1S/C13H12N4O3/c18-6-5-16-8-9-7-10(1-2-11(9)15-16)17-4-3-12(19)14-13(17)20/h1-2,6-8H,3-5H2,(H,14,19,20). The Hall–Kier alpha value is -2.70. The zero-order valence-electron chi connectivity index (χ0n) is 10.6. The summed E-state index contributed by atoms with van der Waals surface area (Å²) in [6.45, 7) is 0.557. The number of nitrogens with zero attached hydrogens (tertiary/aromatic N) is 3. The SMILES string of the molecule is O=CCn1cc2cc(N3CCC(=O)NC3=O)ccc2n1. The summed E-state index contributed by atoms with van der Waals surface area (Å²) < 4.78 is 1.54. The van der Waals surface area contributed by atoms with Crippen LogP contribution in [0.5, 0.6) is 0 Å². The van der Waals surface area contributed by atoms with Gasteiger partial charge in [-0.3, -0.25) is 19.7 Å². The molecule has 7 nitrogen and oxygen atoms in total. The Morgan fingerprint density at radius 1 is 1.35 bits per heavy atom. The third-order valence-corrected chi connectivity index (χ3v) is 3.16. The Labute approximate surface area is 114 Å². The van der Waals surface area contributed by atoms with E-state index in [-0.39, 0.29) is 18.9 Å². The van der Waals surface area contributed by atoms with Gasteiger partial charge in [-0.1, -0.05) is 0 Å². The number of hydrogen-bond acceptors (Lipinski definition) is 4. The monoisotopic (exact) mass is 272 g/mol. The van der Waals surface area contributed by atoms with Crippen molar-refractivity contribution in [3.63, 3.8) is 0 Å². The van der Waals surface area contributed by atoms with Crippen LogP contribution in [0.4, 0.5) is 10.5 Å². The van der Waals surface area contributed by atoms with E-state index in [1.54, 1.807) is 23.0 Å². The molecule has 0 spiro atoms. The number of aromatic nitrogens is 2. The lowest BCUT2D eigenvalue weighted by atomic mass is 10.2. The van der Waals surface area contributed by atoms with Crippen LogP contribution in [-0.2, 0) is 16.1 Å². The average Bonchev–Trinajstić information content (AvgIpc) is 2.80. The van der Waals surface area contributed by atoms with Gasteiger partial charge in [0.1, 0.15) is 6.29 Å². The molecule has 1 saturated heterocycles. The van der Waals surface area contributed by atoms with Gasteiger partial charge < -0.3 is 4.79 Å². The van der Waals surface area contributed by atoms with Crippen molar-refractivity contribution in [3.05, 3.63) is 24.4 Å². The quantitative estimate of drug-likeness (QED) is 0.833. The molecule has 1 aliphatic rings. The van der Waals surface area contributed by atoms with Crippen molar-refractivity contribution in [2.75, 3.05) is 11.4 Å². The van der Waals surface area contributed by atoms with Gasteiger partial charge in [0.2, 0.25) is 5.91 Å². The van der Waals surface area contributed by atoms with E-state index in [2.05, 4.69) is 10.4 Å². The molecular formula is C13H12N4O3. The molecule has 0 radical (unpaired) electrons. The smallest absolute Gasteiger partial charge is 0.301 e. The topological polar surface area (TPSA) is 84.3 Å². The highest BCUT2D eigenvalue weighted by Gasteiger charge is 2.24. The minimum atomic E-state index is -0.416. The van der Waals surface area contributed by atoms with Gasteiger partial charge in [-0.15, -0.1) is 0 Å². The van der Waals surface area contributed by atoms with E-state index in [4.69, 9.17) is 0 Å². The second kappa shape index (κ2) is 4.76. The van der Waals surface area contributed by atoms with Gasteiger partial charge in [0, 0.05) is 30.2 Å². The summed E-state index contributed by atoms with van der Waals surface area (Å²) >= 11 is 0. The van der Waals surface area contributed by atoms with Crippen LogP contribution in [0.15, 0.2) is 24.4 Å². The van der Waals surface area contributed by atoms with Crippen LogP contribution in [0.1, 0.15) is 6.42 Å². The Morgan fingerprint density at radius 3 is 2.95 bits per heavy atom. The maximum Gasteiger partial charge on any atom is 0.328 e. The molecule has 1 aliphatic heterocycles. The Bertz CT molecular complexity index is 707. The predicted molar refractivity (Wildman–Crippen MR) is 71.3 cm³/mol. The van der Waals surface area contributed by atoms with Crippen molar-refractivity contribution in [3.8, 4) is 0 Å². The Kier molecular flexibility index (Phi) is 2.94. The highest BCUT2D eigenvalue weighted by Crippen LogP contribution is 2.22. The molecule has 1 aromatic carbocycles. The van der Waals surface area contributed by atoms with Crippen molar-refractivity contribution < 1.29 is 14.4 Å². The number of amides is 3. The molecule has 0 atom stereocenters. The summed E-state index contributed by atoms with van der Waals surface area (Å²) in [4.78, 5) is 34.9. The first-order valence-electron chi connectivity index (χ1n) is 6.19. The second-order valence-corrected chi connectivity index (χ2v) is 4.52. The van der Waals surface area contributed by atoms with Gasteiger partial charge in [-0.05, 0) is 18.2 Å². The normalized spacial score (nSPS) is 15.5. The number of imide groups is 1. The minimum absolute atomic E-state index is 0.197. The number of hydrogen-bond donors (Lipinski definition) is 1. The van der Waals surface area contributed by atoms with Crippen molar-refractivity contribution in [1.29, 1.82) is 0 Å². The van der Waals surface area contributed by atoms with Crippen LogP contribution in [0.25, 0.3) is 10.9 Å². The van der Waals surface area contributed by atoms with Crippen LogP contribution in [-0.4, -0.2) is 34.5 Å². The fourth-order valence-electron chi connectivity index (χ4n) is 2.21. The van der Waals surface area contributed by atoms with E-state index < -0.39 is 6.03 Å². The predicted octanol–water partition coefficient (Wildman–Crippen LogP) is 0.681. The molecule has 0 aliphatic carbocycles. The molecule has 0 bridgehead atoms. The number of fused-ring (bicyclic) bond motifs is 1. The maximum atomic E-state index is 11.8. The summed E-state index contributed by atoms with van der Waals surface area (Å²) in [5.74, 6) is -0.258. The van der Waals surface area contributed by atoms with Crippen LogP contribution in [0.3, 0.4) is 0 Å². The van der Waals surface area contributed by atoms with Crippen LogP contribution >= 0.6 is 0 Å². The van der Waals surface area contributed by atoms with Gasteiger partial charge in [0.25, 0.3) is 0 Å². The molecule has 1 aromatic heterocycles. The van der Waals surface area contributed by atoms with Gasteiger partial charge in [-0.2, -0.15) is 5.10 Å². The average molecular weight is 272 g/mol. The number of carbonyl (C=O) groups excluding carboxylic acids is 3. The van der Waals surface area contributed by atoms with E-state index in [0.717, 1.165) is 17.2 Å². The number of benzene rings is 1. The Morgan fingerprint density at radius 2 is 2.20 bits per heavy atom. The van der Waals surface area contributed by atoms with Gasteiger partial charge in [0.05, 0.1) is 12.1 Å². The van der Waals surface area contributed by atoms with E-state index in [1.165, 1.54) is 4.90 Å². The molecule has 7 heteroatoms. The molecule has 20 heavy (non-hydrogen) atoms. The highest BCUT2D eigenvalue weighted by atomic mass is 16.2. The minimum Gasteiger partial charge on any atom is -0.301 e. The Balaban J connectivity index is 1.94. The molecule has 1 N–H and O–H groups in total. The second-order valence-electron chi connectivity index (χ2n) is 4.52. The lowest BCUT2D eigenvalue weighted by Gasteiger charge is -2.26. The van der Waals surface area contributed by atoms with Crippen molar-refractivity contribution in [1.82, 2.24) is 15.1 Å². The third-order valence-electron chi connectivity index (χ3n) is 3.16. The number of nitrogens with one attached hydrogen (secondary N) is 1.